The molecular weight excluding hydrogens is 1810 g/mol. The summed E-state index contributed by atoms with van der Waals surface area (Å²) < 4.78 is 5.10. The number of unbranched alkanes of at least 4 members (excludes halogenated alkanes) is 14. The van der Waals surface area contributed by atoms with Gasteiger partial charge < -0.3 is 0 Å². The Kier molecular flexibility index (Phi) is 21.9. The maximum absolute atomic E-state index is 14.6. The predicted octanol–water partition coefficient (Wildman–Crippen LogP) is 30.0. The number of carbonyl (C=O) groups excluding carboxylic acids is 6. The summed E-state index contributed by atoms with van der Waals surface area (Å²) in [7, 11) is 0. The van der Waals surface area contributed by atoms with E-state index in [1.54, 1.807) is 110 Å². The molecule has 658 valence electrons. The predicted molar refractivity (Wildman–Crippen MR) is 555 cm³/mol. The molecule has 26 rings (SSSR count). The first-order valence-electron chi connectivity index (χ1n) is 46.6. The highest BCUT2D eigenvalue weighted by Gasteiger charge is 2.56. The van der Waals surface area contributed by atoms with Crippen molar-refractivity contribution in [3.8, 4) is 19.5 Å². The zero-order valence-corrected chi connectivity index (χ0v) is 80.2. The van der Waals surface area contributed by atoms with Crippen LogP contribution < -0.4 is 0 Å². The van der Waals surface area contributed by atoms with Crippen molar-refractivity contribution < 1.29 is 28.8 Å². The molecule has 0 bridgehead atoms. The van der Waals surface area contributed by atoms with Crippen LogP contribution in [0.2, 0.25) is 0 Å². The number of allylic oxidation sites excluding steroid dienone is 2. The van der Waals surface area contributed by atoms with E-state index in [0.717, 1.165) is 144 Å². The van der Waals surface area contributed by atoms with Crippen molar-refractivity contribution >= 4 is 213 Å². The van der Waals surface area contributed by atoms with Crippen LogP contribution in [0.4, 0.5) is 0 Å². The smallest absolute Gasteiger partial charge is 0.265 e. The lowest BCUT2D eigenvalue weighted by atomic mass is 9.89. The van der Waals surface area contributed by atoms with Crippen LogP contribution in [-0.2, 0) is 28.8 Å². The molecular formula is C114H88N6O6S8. The SMILES string of the molecule is CCCCCCCCCCC1=CN2C(=O)C3=C4c5sc6ccsc6c5C(CCCCCCCCCC)=CN4C(=O)C3=C2c2sc3ccsc3c21.O=C1C2=C3c4ccccc4C(c4ccccc4)=CN3C(=O)C2=C2c3ccccc3C(c3ccccc3)=CN12.O=C1C2=C3c4sc(-c5cccs5)cc4C(c4ccccc4)=CN3C(=O)C2=C2c3sc(-c4cccs4)cc3C(c3ccccc3)=CN12. The molecule has 0 spiro atoms. The van der Waals surface area contributed by atoms with E-state index in [1.807, 2.05) is 168 Å². The van der Waals surface area contributed by atoms with Crippen molar-refractivity contribution in [1.82, 2.24) is 29.4 Å². The fourth-order valence-corrected chi connectivity index (χ4v) is 30.2. The number of hydrogen-bond acceptors (Lipinski definition) is 14. The van der Waals surface area contributed by atoms with Gasteiger partial charge in [0.2, 0.25) is 0 Å². The zero-order valence-electron chi connectivity index (χ0n) is 73.7. The van der Waals surface area contributed by atoms with Crippen LogP contribution in [0.25, 0.3) is 106 Å². The molecule has 0 saturated carbocycles. The Morgan fingerprint density at radius 1 is 0.239 bits per heavy atom. The summed E-state index contributed by atoms with van der Waals surface area (Å²) in [5.74, 6) is -0.743. The summed E-state index contributed by atoms with van der Waals surface area (Å²) in [6, 6.07) is 73.8. The van der Waals surface area contributed by atoms with Gasteiger partial charge in [0.15, 0.2) is 0 Å². The first-order chi connectivity index (χ1) is 66.0. The van der Waals surface area contributed by atoms with Gasteiger partial charge in [0.25, 0.3) is 35.4 Å². The van der Waals surface area contributed by atoms with Crippen molar-refractivity contribution in [2.24, 2.45) is 0 Å². The normalized spacial score (nSPS) is 16.6. The molecule has 0 unspecified atom stereocenters. The molecule has 20 heteroatoms. The van der Waals surface area contributed by atoms with E-state index in [9.17, 15) is 28.8 Å². The second-order valence-corrected chi connectivity index (χ2v) is 43.3. The van der Waals surface area contributed by atoms with Crippen LogP contribution in [0, 0.1) is 0 Å². The fourth-order valence-electron chi connectivity index (χ4n) is 21.1. The van der Waals surface area contributed by atoms with Crippen LogP contribution in [0.1, 0.15) is 216 Å². The first-order valence-corrected chi connectivity index (χ1v) is 53.3. The Bertz CT molecular complexity index is 7270. The van der Waals surface area contributed by atoms with Crippen molar-refractivity contribution in [2.75, 3.05) is 0 Å². The topological polar surface area (TPSA) is 122 Å². The second kappa shape index (κ2) is 34.9. The maximum Gasteiger partial charge on any atom is 0.265 e. The Labute approximate surface area is 809 Å². The van der Waals surface area contributed by atoms with Crippen LogP contribution >= 0.6 is 90.7 Å². The Morgan fingerprint density at radius 3 is 0.866 bits per heavy atom. The number of fused-ring (bicyclic) bond motifs is 25. The van der Waals surface area contributed by atoms with Gasteiger partial charge >= 0.3 is 0 Å². The Balaban J connectivity index is 0.000000111. The Hall–Kier alpha value is -12.9. The molecule has 6 amide bonds. The van der Waals surface area contributed by atoms with Gasteiger partial charge in [0.05, 0.1) is 96.5 Å². The molecule has 14 aromatic rings. The standard InChI is InChI=1S/C42H48N2O2S4.C38H20N2O2S4.C34H20N2O2/c1-3-5-7-9-11-13-15-17-19-27-25-43-35(39-31(27)37-29(49-39)21-23-47-37)33-34(41(43)45)36-40-32(38-30(50-40)22-24-48-38)28(26-44(36)42(33)46)20-18-16-14-12-10-8-6-4-2;41-37-32-31(33-35-23(17-29(45-35)27-13-7-15-43-27)25(19-39(33)37)21-9-3-1-4-10-21)38(42)40-20-26(22-11-5-2-6-12-22)24-18-30(28-14-8-16-44-28)46-36(24)34(32)40;37-33-30-29(31-25-17-9-7-15-23(25)27(19-35(31)33)21-11-3-1-4-12-21)34(38)36-20-28(22-13-5-2-6-14-22)24-16-8-10-18-26(24)32(30)36/h21-26H,3-20H2,1-2H3;1-20H;1-20H. The van der Waals surface area contributed by atoms with Crippen LogP contribution in [0.15, 0.2) is 311 Å². The molecule has 0 radical (unpaired) electrons. The van der Waals surface area contributed by atoms with E-state index in [0.29, 0.717) is 56.2 Å². The van der Waals surface area contributed by atoms with E-state index < -0.39 is 0 Å². The van der Waals surface area contributed by atoms with Crippen molar-refractivity contribution in [3.05, 3.63) is 397 Å². The summed E-state index contributed by atoms with van der Waals surface area (Å²) in [5, 5.41) is 8.51. The summed E-state index contributed by atoms with van der Waals surface area (Å²) >= 11 is 13.8. The van der Waals surface area contributed by atoms with Gasteiger partial charge in [-0.05, 0) is 128 Å². The largest absolute Gasteiger partial charge is 0.282 e. The highest BCUT2D eigenvalue weighted by atomic mass is 32.1. The van der Waals surface area contributed by atoms with Crippen molar-refractivity contribution in [3.63, 3.8) is 0 Å². The van der Waals surface area contributed by atoms with Gasteiger partial charge in [0, 0.05) is 122 Å². The average Bonchev–Trinajstić information content (AvgIpc) is 1.53. The monoisotopic (exact) mass is 1890 g/mol. The molecule has 20 heterocycles. The van der Waals surface area contributed by atoms with Crippen molar-refractivity contribution in [1.29, 1.82) is 0 Å². The van der Waals surface area contributed by atoms with E-state index in [4.69, 9.17) is 0 Å². The molecule has 6 aromatic carbocycles. The first kappa shape index (κ1) is 84.2. The third-order valence-electron chi connectivity index (χ3n) is 27.4. The molecule has 0 atom stereocenters. The molecule has 0 saturated heterocycles. The molecule has 12 nitrogen and oxygen atoms in total. The highest BCUT2D eigenvalue weighted by Crippen LogP contribution is 2.62. The van der Waals surface area contributed by atoms with Crippen LogP contribution in [0.5, 0.6) is 0 Å². The number of hydrogen-bond donors (Lipinski definition) is 0. The Morgan fingerprint density at radius 2 is 0.530 bits per heavy atom. The number of nitrogens with zero attached hydrogens (tertiary/aromatic N) is 6. The summed E-state index contributed by atoms with van der Waals surface area (Å²) in [4.78, 5) is 106. The number of thiophene rings is 8. The minimum absolute atomic E-state index is 0.0423. The van der Waals surface area contributed by atoms with Gasteiger partial charge in [-0.2, -0.15) is 0 Å². The number of benzene rings is 6. The average molecular weight is 1890 g/mol. The summed E-state index contributed by atoms with van der Waals surface area (Å²) in [6.45, 7) is 4.54. The van der Waals surface area contributed by atoms with E-state index in [1.165, 1.54) is 141 Å². The van der Waals surface area contributed by atoms with Gasteiger partial charge in [-0.15, -0.1) is 90.7 Å². The van der Waals surface area contributed by atoms with Gasteiger partial charge in [-0.1, -0.05) is 286 Å². The zero-order chi connectivity index (χ0) is 90.1. The molecule has 8 aromatic heterocycles. The highest BCUT2D eigenvalue weighted by molar-refractivity contribution is 7.29. The lowest BCUT2D eigenvalue weighted by molar-refractivity contribution is -0.122. The molecule has 0 fully saturated rings. The molecule has 12 aliphatic heterocycles. The minimum Gasteiger partial charge on any atom is -0.282 e. The molecule has 134 heavy (non-hydrogen) atoms. The van der Waals surface area contributed by atoms with Crippen LogP contribution in [0.3, 0.4) is 0 Å². The van der Waals surface area contributed by atoms with Crippen molar-refractivity contribution in [2.45, 2.75) is 129 Å². The fraction of sp³-hybridized carbons (Fsp3) is 0.175. The quantitative estimate of drug-likeness (QED) is 0.0556. The molecule has 0 aliphatic carbocycles. The number of rotatable bonds is 24. The van der Waals surface area contributed by atoms with E-state index in [-0.39, 0.29) is 35.4 Å². The third-order valence-corrected chi connectivity index (χ3v) is 36.2. The number of amides is 6. The third kappa shape index (κ3) is 13.8. The molecule has 12 aliphatic rings. The van der Waals surface area contributed by atoms with E-state index in [2.05, 4.69) is 133 Å². The summed E-state index contributed by atoms with van der Waals surface area (Å²) in [5.41, 5.74) is 26.4. The second-order valence-electron chi connectivity index (χ2n) is 35.4. The minimum atomic E-state index is -0.171. The van der Waals surface area contributed by atoms with Crippen LogP contribution in [-0.4, -0.2) is 64.8 Å². The molecule has 0 N–H and O–H groups in total. The number of carbonyl (C=O) groups is 6. The van der Waals surface area contributed by atoms with E-state index >= 15 is 0 Å². The lowest BCUT2D eigenvalue weighted by Gasteiger charge is -2.30. The van der Waals surface area contributed by atoms with Gasteiger partial charge in [0.1, 0.15) is 0 Å². The maximum atomic E-state index is 14.6. The summed E-state index contributed by atoms with van der Waals surface area (Å²) in [6.07, 6.45) is 34.3. The van der Waals surface area contributed by atoms with Gasteiger partial charge in [-0.25, -0.2) is 0 Å². The van der Waals surface area contributed by atoms with Gasteiger partial charge in [-0.3, -0.25) is 58.2 Å². The lowest BCUT2D eigenvalue weighted by Crippen LogP contribution is -2.28.